The molecule has 20 nitrogen and oxygen atoms in total. The highest BCUT2D eigenvalue weighted by Gasteiger charge is 2.51. The number of urea groups is 1. The van der Waals surface area contributed by atoms with Gasteiger partial charge in [-0.1, -0.05) is 39.8 Å². The average Bonchev–Trinajstić information content (AvgIpc) is 3.66. The molecule has 8 N–H and O–H groups in total. The van der Waals surface area contributed by atoms with Crippen LogP contribution in [0.5, 0.6) is 5.75 Å². The molecule has 6 rings (SSSR count). The zero-order chi connectivity index (χ0) is 48.0. The Balaban J connectivity index is 1.05. The minimum Gasteiger partial charge on any atom is -0.508 e. The van der Waals surface area contributed by atoms with Crippen molar-refractivity contribution in [3.8, 4) is 17.1 Å². The topological polar surface area (TPSA) is 280 Å². The summed E-state index contributed by atoms with van der Waals surface area (Å²) in [6, 6.07) is 10.6. The molecule has 0 saturated heterocycles. The summed E-state index contributed by atoms with van der Waals surface area (Å²) in [4.78, 5) is 98.6. The highest BCUT2D eigenvalue weighted by molar-refractivity contribution is 5.98. The number of fused-ring (bicyclic) bond motifs is 5. The third-order valence-electron chi connectivity index (χ3n) is 12.0. The largest absolute Gasteiger partial charge is 0.508 e. The van der Waals surface area contributed by atoms with E-state index in [0.29, 0.717) is 41.0 Å². The molecule has 2 aliphatic rings. The zero-order valence-electron chi connectivity index (χ0n) is 37.9. The van der Waals surface area contributed by atoms with Crippen molar-refractivity contribution < 1.29 is 48.1 Å². The number of benzene rings is 2. The number of ether oxygens (including phenoxy) is 3. The smallest absolute Gasteiger partial charge is 0.411 e. The fourth-order valence-electron chi connectivity index (χ4n) is 7.95. The van der Waals surface area contributed by atoms with Crippen molar-refractivity contribution in [2.75, 3.05) is 39.0 Å². The predicted molar refractivity (Wildman–Crippen MR) is 242 cm³/mol. The number of aromatic hydroxyl groups is 1. The Bertz CT molecular complexity index is 2600. The van der Waals surface area contributed by atoms with Crippen molar-refractivity contribution in [1.29, 1.82) is 0 Å². The molecule has 2 aromatic carbocycles. The number of pyridine rings is 2. The van der Waals surface area contributed by atoms with E-state index in [1.807, 2.05) is 6.92 Å². The van der Waals surface area contributed by atoms with Gasteiger partial charge in [0.05, 0.1) is 35.1 Å². The van der Waals surface area contributed by atoms with Crippen molar-refractivity contribution in [3.63, 3.8) is 0 Å². The number of aryl methyl sites for hydroxylation is 1. The van der Waals surface area contributed by atoms with Gasteiger partial charge in [-0.05, 0) is 79.1 Å². The number of nitrogens with two attached hydrogens (primary N) is 2. The number of carbonyl (C=O) groups excluding carboxylic acids is 6. The fraction of sp³-hybridized carbons (Fsp3) is 0.435. The summed E-state index contributed by atoms with van der Waals surface area (Å²) in [6.45, 7) is 7.26. The van der Waals surface area contributed by atoms with E-state index in [2.05, 4.69) is 16.0 Å². The standard InChI is InChI=1S/C46H57N9O11/c1-7-29-30-20-28(56)15-16-34(30)51-38-31(29)22-55-36(38)21-33-32(41(55)59)24-64-42(60)46(33,8-2)66-45(63)54(6)19-18-53(5)44(62)65-23-26-11-13-27(14-12-26)50-39(57)35(10-9-17-49-43(48)61)52-40(58)37(47)25(3)4/h11-16,20-21,25,35,37,56H,7-10,17-19,22-24,47H2,1-6H3,(H,50,57)(H,52,58)(H3,48,49,61)/t35-,37-,46-/m0/s1. The highest BCUT2D eigenvalue weighted by Crippen LogP contribution is 2.42. The van der Waals surface area contributed by atoms with Crippen molar-refractivity contribution in [1.82, 2.24) is 30.0 Å². The Morgan fingerprint density at radius 3 is 2.32 bits per heavy atom. The molecule has 66 heavy (non-hydrogen) atoms. The highest BCUT2D eigenvalue weighted by atomic mass is 16.6. The number of phenolic OH excluding ortho intramolecular Hbond substituents is 1. The van der Waals surface area contributed by atoms with Gasteiger partial charge in [-0.3, -0.25) is 14.4 Å². The first kappa shape index (κ1) is 48.2. The summed E-state index contributed by atoms with van der Waals surface area (Å²) < 4.78 is 18.5. The first-order valence-electron chi connectivity index (χ1n) is 21.8. The van der Waals surface area contributed by atoms with Crippen molar-refractivity contribution in [3.05, 3.63) is 86.7 Å². The third kappa shape index (κ3) is 10.2. The Kier molecular flexibility index (Phi) is 14.8. The number of esters is 1. The summed E-state index contributed by atoms with van der Waals surface area (Å²) in [5.74, 6) is -1.86. The molecule has 352 valence electrons. The molecule has 0 aliphatic carbocycles. The normalized spacial score (nSPS) is 15.7. The lowest BCUT2D eigenvalue weighted by Crippen LogP contribution is -2.51. The number of nitrogens with one attached hydrogen (secondary N) is 3. The second kappa shape index (κ2) is 20.3. The number of anilines is 1. The quantitative estimate of drug-likeness (QED) is 0.0443. The summed E-state index contributed by atoms with van der Waals surface area (Å²) in [6.07, 6.45) is -0.440. The molecule has 4 aromatic rings. The Labute approximate surface area is 380 Å². The van der Waals surface area contributed by atoms with Crippen LogP contribution < -0.4 is 33.0 Å². The number of nitrogens with zero attached hydrogens (tertiary/aromatic N) is 4. The summed E-state index contributed by atoms with van der Waals surface area (Å²) in [5.41, 5.74) is 13.6. The summed E-state index contributed by atoms with van der Waals surface area (Å²) in [5, 5.41) is 18.9. The number of hydrogen-bond donors (Lipinski definition) is 6. The van der Waals surface area contributed by atoms with E-state index in [1.54, 1.807) is 73.9 Å². The van der Waals surface area contributed by atoms with Gasteiger partial charge in [0.15, 0.2) is 0 Å². The van der Waals surface area contributed by atoms with Crippen LogP contribution in [0.4, 0.5) is 20.1 Å². The van der Waals surface area contributed by atoms with E-state index in [9.17, 15) is 38.7 Å². The molecule has 0 radical (unpaired) electrons. The maximum atomic E-state index is 14.1. The molecule has 4 heterocycles. The molecule has 0 bridgehead atoms. The van der Waals surface area contributed by atoms with Gasteiger partial charge in [-0.15, -0.1) is 0 Å². The Morgan fingerprint density at radius 1 is 0.970 bits per heavy atom. The third-order valence-corrected chi connectivity index (χ3v) is 12.0. The van der Waals surface area contributed by atoms with E-state index in [4.69, 9.17) is 30.7 Å². The number of carbonyl (C=O) groups is 6. The number of amides is 6. The maximum absolute atomic E-state index is 14.1. The Morgan fingerprint density at radius 2 is 1.67 bits per heavy atom. The number of primary amides is 1. The van der Waals surface area contributed by atoms with Crippen LogP contribution in [0.2, 0.25) is 0 Å². The van der Waals surface area contributed by atoms with E-state index in [1.165, 1.54) is 23.9 Å². The van der Waals surface area contributed by atoms with Crippen LogP contribution in [0.15, 0.2) is 53.3 Å². The van der Waals surface area contributed by atoms with Crippen LogP contribution in [-0.4, -0.2) is 106 Å². The molecule has 0 spiro atoms. The maximum Gasteiger partial charge on any atom is 0.411 e. The van der Waals surface area contributed by atoms with Crippen LogP contribution in [-0.2, 0) is 60.4 Å². The van der Waals surface area contributed by atoms with Crippen molar-refractivity contribution >= 4 is 52.6 Å². The van der Waals surface area contributed by atoms with E-state index >= 15 is 0 Å². The van der Waals surface area contributed by atoms with Crippen LogP contribution in [0.3, 0.4) is 0 Å². The minimum absolute atomic E-state index is 0.0143. The number of rotatable bonds is 17. The van der Waals surface area contributed by atoms with Gasteiger partial charge in [-0.25, -0.2) is 24.2 Å². The van der Waals surface area contributed by atoms with Crippen LogP contribution >= 0.6 is 0 Å². The molecule has 2 aliphatic heterocycles. The summed E-state index contributed by atoms with van der Waals surface area (Å²) in [7, 11) is 2.94. The van der Waals surface area contributed by atoms with E-state index in [0.717, 1.165) is 16.5 Å². The van der Waals surface area contributed by atoms with Crippen LogP contribution in [0.1, 0.15) is 74.8 Å². The van der Waals surface area contributed by atoms with Gasteiger partial charge in [0.25, 0.3) is 5.56 Å². The molecule has 2 aromatic heterocycles. The number of phenols is 1. The first-order chi connectivity index (χ1) is 31.4. The van der Waals surface area contributed by atoms with Gasteiger partial charge >= 0.3 is 24.2 Å². The molecule has 6 amide bonds. The minimum atomic E-state index is -1.94. The second-order valence-electron chi connectivity index (χ2n) is 16.8. The molecular weight excluding hydrogens is 855 g/mol. The molecule has 0 fully saturated rings. The van der Waals surface area contributed by atoms with E-state index in [-0.39, 0.29) is 75.0 Å². The van der Waals surface area contributed by atoms with Crippen LogP contribution in [0.25, 0.3) is 22.3 Å². The lowest BCUT2D eigenvalue weighted by molar-refractivity contribution is -0.173. The zero-order valence-corrected chi connectivity index (χ0v) is 37.9. The van der Waals surface area contributed by atoms with Crippen molar-refractivity contribution in [2.24, 2.45) is 17.4 Å². The van der Waals surface area contributed by atoms with E-state index < -0.39 is 59.2 Å². The molecule has 0 saturated carbocycles. The number of likely N-dealkylation sites (N-methyl/N-ethyl adjacent to an activating group) is 2. The first-order valence-corrected chi connectivity index (χ1v) is 21.8. The van der Waals surface area contributed by atoms with Gasteiger partial charge in [0, 0.05) is 55.9 Å². The van der Waals surface area contributed by atoms with Gasteiger partial charge in [0.1, 0.15) is 25.0 Å². The average molecular weight is 912 g/mol. The number of hydrogen-bond acceptors (Lipinski definition) is 13. The fourth-order valence-corrected chi connectivity index (χ4v) is 7.95. The summed E-state index contributed by atoms with van der Waals surface area (Å²) >= 11 is 0. The second-order valence-corrected chi connectivity index (χ2v) is 16.8. The van der Waals surface area contributed by atoms with Gasteiger partial charge < -0.3 is 61.1 Å². The Hall–Kier alpha value is -7.22. The predicted octanol–water partition coefficient (Wildman–Crippen LogP) is 3.55. The number of cyclic esters (lactones) is 1. The van der Waals surface area contributed by atoms with Gasteiger partial charge in [0.2, 0.25) is 17.4 Å². The number of aromatic nitrogens is 2. The lowest BCUT2D eigenvalue weighted by atomic mass is 9.85. The monoisotopic (exact) mass is 911 g/mol. The SMILES string of the molecule is CCc1c2c(nc3ccc(O)cc13)-c1cc3c(c(=O)n1C2)COC(=O)[C@@]3(CC)OC(=O)N(C)CCN(C)C(=O)OCc1ccc(NC(=O)[C@H](CCCNC(N)=O)NC(=O)[C@@H](N)C(C)C)cc1. The lowest BCUT2D eigenvalue weighted by Gasteiger charge is -2.36. The van der Waals surface area contributed by atoms with Crippen molar-refractivity contribution in [2.45, 2.75) is 90.8 Å². The molecule has 3 atom stereocenters. The molecule has 0 unspecified atom stereocenters. The van der Waals surface area contributed by atoms with Gasteiger partial charge in [-0.2, -0.15) is 0 Å². The molecular formula is C46H57N9O11. The molecule has 20 heteroatoms. The van der Waals surface area contributed by atoms with Crippen LogP contribution in [0, 0.1) is 5.92 Å².